The van der Waals surface area contributed by atoms with E-state index < -0.39 is 5.54 Å². The summed E-state index contributed by atoms with van der Waals surface area (Å²) in [7, 11) is 0. The number of aromatic nitrogens is 1. The van der Waals surface area contributed by atoms with Crippen LogP contribution in [-0.4, -0.2) is 22.9 Å². The number of carbonyl (C=O) groups excluding carboxylic acids is 1. The molecule has 1 fully saturated rings. The minimum absolute atomic E-state index is 0.00463. The van der Waals surface area contributed by atoms with Crippen LogP contribution in [0.4, 0.5) is 4.39 Å². The highest BCUT2D eigenvalue weighted by atomic mass is 19.1. The molecule has 0 unspecified atom stereocenters. The zero-order valence-corrected chi connectivity index (χ0v) is 17.1. The van der Waals surface area contributed by atoms with E-state index in [0.717, 1.165) is 6.42 Å². The van der Waals surface area contributed by atoms with Crippen LogP contribution < -0.4 is 5.73 Å². The molecule has 2 N–H and O–H groups in total. The number of rotatable bonds is 5. The third kappa shape index (κ3) is 3.22. The highest BCUT2D eigenvalue weighted by molar-refractivity contribution is 5.95. The fourth-order valence-electron chi connectivity index (χ4n) is 4.48. The van der Waals surface area contributed by atoms with Crippen LogP contribution >= 0.6 is 0 Å². The molecule has 2 heterocycles. The van der Waals surface area contributed by atoms with E-state index in [-0.39, 0.29) is 47.7 Å². The van der Waals surface area contributed by atoms with Gasteiger partial charge in [0.15, 0.2) is 5.78 Å². The topological polar surface area (TPSA) is 101 Å². The van der Waals surface area contributed by atoms with Crippen molar-refractivity contribution in [3.8, 4) is 6.07 Å². The maximum Gasteiger partial charge on any atom is 0.283 e. The molecule has 1 aromatic carbocycles. The van der Waals surface area contributed by atoms with Crippen LogP contribution in [0, 0.1) is 35.9 Å². The summed E-state index contributed by atoms with van der Waals surface area (Å²) in [4.78, 5) is 21.4. The van der Waals surface area contributed by atoms with Crippen LogP contribution in [0.2, 0.25) is 0 Å². The number of nitriles is 1. The zero-order valence-electron chi connectivity index (χ0n) is 17.1. The summed E-state index contributed by atoms with van der Waals surface area (Å²) < 4.78 is 20.9. The van der Waals surface area contributed by atoms with Crippen LogP contribution in [0.15, 0.2) is 35.5 Å². The highest BCUT2D eigenvalue weighted by Crippen LogP contribution is 2.57. The van der Waals surface area contributed by atoms with Crippen molar-refractivity contribution >= 4 is 11.8 Å². The van der Waals surface area contributed by atoms with Gasteiger partial charge in [-0.2, -0.15) is 5.26 Å². The van der Waals surface area contributed by atoms with E-state index in [4.69, 9.17) is 15.7 Å². The van der Waals surface area contributed by atoms with Gasteiger partial charge in [-0.3, -0.25) is 9.78 Å². The summed E-state index contributed by atoms with van der Waals surface area (Å²) in [6.07, 6.45) is 2.18. The van der Waals surface area contributed by atoms with Gasteiger partial charge < -0.3 is 10.5 Å². The molecule has 30 heavy (non-hydrogen) atoms. The number of fused-ring (bicyclic) bond motifs is 1. The van der Waals surface area contributed by atoms with Gasteiger partial charge in [0, 0.05) is 24.1 Å². The van der Waals surface area contributed by atoms with E-state index in [0.29, 0.717) is 22.3 Å². The predicted molar refractivity (Wildman–Crippen MR) is 109 cm³/mol. The summed E-state index contributed by atoms with van der Waals surface area (Å²) >= 11 is 0. The van der Waals surface area contributed by atoms with Crippen LogP contribution in [0.3, 0.4) is 0 Å². The molecule has 0 saturated heterocycles. The average Bonchev–Trinajstić information content (AvgIpc) is 3.49. The molecule has 0 amide bonds. The Bertz CT molecular complexity index is 1090. The number of hydrogen-bond acceptors (Lipinski definition) is 6. The number of carbonyl (C=O) groups is 1. The van der Waals surface area contributed by atoms with E-state index in [9.17, 15) is 4.79 Å². The molecule has 0 spiro atoms. The Morgan fingerprint density at radius 2 is 2.20 bits per heavy atom. The Balaban J connectivity index is 1.73. The second kappa shape index (κ2) is 7.21. The first-order valence-corrected chi connectivity index (χ1v) is 9.97. The number of amidine groups is 1. The van der Waals surface area contributed by atoms with Crippen molar-refractivity contribution in [2.24, 2.45) is 22.6 Å². The van der Waals surface area contributed by atoms with Gasteiger partial charge in [0.2, 0.25) is 0 Å². The Labute approximate surface area is 174 Å². The normalized spacial score (nSPS) is 24.5. The Hall–Kier alpha value is -3.27. The molecule has 1 aliphatic carbocycles. The summed E-state index contributed by atoms with van der Waals surface area (Å²) in [5.74, 6) is -0.463. The number of nitrogens with two attached hydrogens (primary N) is 1. The lowest BCUT2D eigenvalue weighted by Crippen LogP contribution is -2.42. The van der Waals surface area contributed by atoms with Gasteiger partial charge in [-0.15, -0.1) is 0 Å². The number of pyridine rings is 1. The zero-order chi connectivity index (χ0) is 21.6. The van der Waals surface area contributed by atoms with Gasteiger partial charge in [0.1, 0.15) is 29.2 Å². The molecule has 154 valence electrons. The molecule has 4 rings (SSSR count). The van der Waals surface area contributed by atoms with Crippen LogP contribution in [0.25, 0.3) is 0 Å². The minimum Gasteiger partial charge on any atom is -0.462 e. The molecular formula is C23H23FN4O2. The van der Waals surface area contributed by atoms with E-state index in [2.05, 4.69) is 9.98 Å². The molecule has 2 aliphatic rings. The molecule has 3 atom stereocenters. The van der Waals surface area contributed by atoms with Crippen molar-refractivity contribution in [1.82, 2.24) is 4.98 Å². The molecule has 2 aromatic rings. The van der Waals surface area contributed by atoms with Gasteiger partial charge in [-0.05, 0) is 48.6 Å². The smallest absolute Gasteiger partial charge is 0.283 e. The van der Waals surface area contributed by atoms with Gasteiger partial charge in [-0.25, -0.2) is 9.38 Å². The summed E-state index contributed by atoms with van der Waals surface area (Å²) in [6.45, 7) is 5.70. The van der Waals surface area contributed by atoms with Crippen molar-refractivity contribution in [2.75, 3.05) is 0 Å². The number of Topliss-reactive ketones (excluding diaryl/α,β-unsaturated/α-hetero) is 1. The van der Waals surface area contributed by atoms with Crippen molar-refractivity contribution in [3.05, 3.63) is 64.2 Å². The van der Waals surface area contributed by atoms with Crippen molar-refractivity contribution < 1.29 is 13.9 Å². The van der Waals surface area contributed by atoms with Crippen LogP contribution in [-0.2, 0) is 16.7 Å². The first-order chi connectivity index (χ1) is 14.3. The fraction of sp³-hybridized carbons (Fsp3) is 0.391. The Morgan fingerprint density at radius 3 is 2.83 bits per heavy atom. The lowest BCUT2D eigenvalue weighted by molar-refractivity contribution is 0.0988. The maximum absolute atomic E-state index is 15.4. The second-order valence-corrected chi connectivity index (χ2v) is 8.35. The monoisotopic (exact) mass is 406 g/mol. The number of ether oxygens (including phenoxy) is 1. The number of aliphatic imine (C=N–C) groups is 1. The quantitative estimate of drug-likeness (QED) is 0.767. The summed E-state index contributed by atoms with van der Waals surface area (Å²) in [5.41, 5.74) is 7.39. The van der Waals surface area contributed by atoms with E-state index >= 15 is 4.39 Å². The summed E-state index contributed by atoms with van der Waals surface area (Å²) in [5, 5.41) is 8.89. The van der Waals surface area contributed by atoms with Crippen molar-refractivity contribution in [2.45, 2.75) is 45.3 Å². The highest BCUT2D eigenvalue weighted by Gasteiger charge is 2.61. The number of aryl methyl sites for hydroxylation is 1. The third-order valence-corrected chi connectivity index (χ3v) is 6.03. The van der Waals surface area contributed by atoms with Gasteiger partial charge in [0.05, 0.1) is 5.56 Å². The minimum atomic E-state index is -0.812. The predicted octanol–water partition coefficient (Wildman–Crippen LogP) is 3.41. The van der Waals surface area contributed by atoms with Crippen LogP contribution in [0.1, 0.15) is 53.0 Å². The first kappa shape index (κ1) is 20.0. The molecule has 7 heteroatoms. The number of halogens is 1. The van der Waals surface area contributed by atoms with Crippen molar-refractivity contribution in [3.63, 3.8) is 0 Å². The van der Waals surface area contributed by atoms with Crippen molar-refractivity contribution in [1.29, 1.82) is 5.26 Å². The average molecular weight is 406 g/mol. The Kier molecular flexibility index (Phi) is 4.81. The Morgan fingerprint density at radius 1 is 1.43 bits per heavy atom. The van der Waals surface area contributed by atoms with Gasteiger partial charge in [-0.1, -0.05) is 19.9 Å². The van der Waals surface area contributed by atoms with E-state index in [1.54, 1.807) is 25.1 Å². The number of nitrogens with zero attached hydrogens (tertiary/aromatic N) is 3. The molecule has 1 aliphatic heterocycles. The molecule has 1 saturated carbocycles. The second-order valence-electron chi connectivity index (χ2n) is 8.35. The SMILES string of the molecule is Cc1cc(CC(=O)c2ccc(C#N)cn2)cc([C@@]2(C(C)C)N=C(N)O[C@@H]3C[C@@H]32)c1F. The molecule has 6 nitrogen and oxygen atoms in total. The van der Waals surface area contributed by atoms with E-state index in [1.807, 2.05) is 19.9 Å². The lowest BCUT2D eigenvalue weighted by Gasteiger charge is -2.38. The largest absolute Gasteiger partial charge is 0.462 e. The lowest BCUT2D eigenvalue weighted by atomic mass is 9.74. The van der Waals surface area contributed by atoms with Gasteiger partial charge >= 0.3 is 0 Å². The van der Waals surface area contributed by atoms with Crippen LogP contribution in [0.5, 0.6) is 0 Å². The maximum atomic E-state index is 15.4. The van der Waals surface area contributed by atoms with E-state index in [1.165, 1.54) is 12.3 Å². The first-order valence-electron chi connectivity index (χ1n) is 9.97. The molecule has 0 bridgehead atoms. The summed E-state index contributed by atoms with van der Waals surface area (Å²) in [6, 6.07) is 8.58. The third-order valence-electron chi connectivity index (χ3n) is 6.03. The fourth-order valence-corrected chi connectivity index (χ4v) is 4.48. The van der Waals surface area contributed by atoms with Gasteiger partial charge in [0.25, 0.3) is 6.02 Å². The standard InChI is InChI=1S/C23H23FN4O2/c1-12(2)23(16-9-20(16)30-22(26)28-23)17-7-15(6-13(3)21(17)24)8-19(29)18-5-4-14(10-25)11-27-18/h4-7,11-12,16,20H,8-9H2,1-3H3,(H2,26,28)/t16-,20+,23-/m0/s1. The number of hydrogen-bond donors (Lipinski definition) is 1. The number of ketones is 1. The molecular weight excluding hydrogens is 383 g/mol. The number of benzene rings is 1. The molecule has 1 aromatic heterocycles. The molecule has 0 radical (unpaired) electrons.